The zero-order valence-electron chi connectivity index (χ0n) is 19.1. The number of carbonyl (C=O) groups is 1. The summed E-state index contributed by atoms with van der Waals surface area (Å²) in [5, 5.41) is 3.78. The molecule has 0 aliphatic heterocycles. The van der Waals surface area contributed by atoms with E-state index in [0.717, 1.165) is 17.2 Å². The second-order valence-corrected chi connectivity index (χ2v) is 10.9. The topological polar surface area (TPSA) is 66.5 Å². The van der Waals surface area contributed by atoms with Gasteiger partial charge in [0.2, 0.25) is 15.9 Å². The van der Waals surface area contributed by atoms with Crippen LogP contribution in [0.25, 0.3) is 0 Å². The lowest BCUT2D eigenvalue weighted by Crippen LogP contribution is -2.34. The van der Waals surface area contributed by atoms with Crippen molar-refractivity contribution >= 4 is 38.9 Å². The Bertz CT molecular complexity index is 1290. The summed E-state index contributed by atoms with van der Waals surface area (Å²) in [6, 6.07) is 11.2. The molecule has 192 valence electrons. The van der Waals surface area contributed by atoms with Gasteiger partial charge in [-0.3, -0.25) is 4.79 Å². The first-order chi connectivity index (χ1) is 17.0. The van der Waals surface area contributed by atoms with Crippen LogP contribution in [0.3, 0.4) is 0 Å². The number of alkyl halides is 3. The first-order valence-corrected chi connectivity index (χ1v) is 13.6. The number of hydrogen-bond acceptors (Lipinski definition) is 4. The third-order valence-electron chi connectivity index (χ3n) is 5.34. The molecule has 1 aromatic heterocycles. The van der Waals surface area contributed by atoms with Crippen LogP contribution in [-0.2, 0) is 40.4 Å². The maximum Gasteiger partial charge on any atom is 0.416 e. The van der Waals surface area contributed by atoms with Crippen molar-refractivity contribution in [3.63, 3.8) is 0 Å². The van der Waals surface area contributed by atoms with Gasteiger partial charge in [0, 0.05) is 24.7 Å². The molecule has 0 saturated heterocycles. The number of benzene rings is 2. The number of halogens is 4. The summed E-state index contributed by atoms with van der Waals surface area (Å²) in [7, 11) is -3.68. The van der Waals surface area contributed by atoms with Gasteiger partial charge < -0.3 is 4.90 Å². The van der Waals surface area contributed by atoms with Crippen molar-refractivity contribution < 1.29 is 26.4 Å². The van der Waals surface area contributed by atoms with E-state index in [9.17, 15) is 26.4 Å². The molecule has 0 aliphatic carbocycles. The van der Waals surface area contributed by atoms with Crippen LogP contribution >= 0.6 is 22.9 Å². The van der Waals surface area contributed by atoms with E-state index in [0.29, 0.717) is 6.42 Å². The lowest BCUT2D eigenvalue weighted by Gasteiger charge is -2.25. The number of thiophene rings is 1. The van der Waals surface area contributed by atoms with Crippen molar-refractivity contribution in [2.24, 2.45) is 0 Å². The summed E-state index contributed by atoms with van der Waals surface area (Å²) < 4.78 is 67.6. The van der Waals surface area contributed by atoms with Crippen molar-refractivity contribution in [1.29, 1.82) is 0 Å². The van der Waals surface area contributed by atoms with Gasteiger partial charge >= 0.3 is 6.18 Å². The molecule has 0 bridgehead atoms. The Hall–Kier alpha value is -2.66. The highest BCUT2D eigenvalue weighted by atomic mass is 35.5. The van der Waals surface area contributed by atoms with Crippen LogP contribution in [0.2, 0.25) is 5.02 Å². The number of nitrogens with one attached hydrogen (secondary N) is 1. The Kier molecular flexibility index (Phi) is 9.35. The highest BCUT2D eigenvalue weighted by molar-refractivity contribution is 7.89. The van der Waals surface area contributed by atoms with Gasteiger partial charge in [-0.1, -0.05) is 29.8 Å². The van der Waals surface area contributed by atoms with Crippen LogP contribution in [0.15, 0.2) is 76.8 Å². The summed E-state index contributed by atoms with van der Waals surface area (Å²) in [6.07, 6.45) is -2.80. The van der Waals surface area contributed by atoms with Crippen molar-refractivity contribution in [3.05, 3.63) is 99.2 Å². The molecular formula is C25H24ClF3N2O3S2. The van der Waals surface area contributed by atoms with E-state index in [2.05, 4.69) is 11.3 Å². The van der Waals surface area contributed by atoms with Gasteiger partial charge in [0.05, 0.1) is 16.9 Å². The minimum Gasteiger partial charge on any atom is -0.338 e. The maximum absolute atomic E-state index is 13.6. The van der Waals surface area contributed by atoms with E-state index < -0.39 is 21.8 Å². The molecule has 0 unspecified atom stereocenters. The van der Waals surface area contributed by atoms with E-state index in [1.54, 1.807) is 18.2 Å². The molecule has 3 aromatic rings. The Balaban J connectivity index is 1.81. The smallest absolute Gasteiger partial charge is 0.338 e. The second kappa shape index (κ2) is 12.1. The molecule has 0 radical (unpaired) electrons. The SMILES string of the molecule is C=CCNS(=O)(=O)c1ccc(CCN(Cc2cc(Cl)ccc2C(F)(F)F)C(=O)Cc2ccsc2)cc1. The van der Waals surface area contributed by atoms with Gasteiger partial charge in [0.25, 0.3) is 0 Å². The normalized spacial score (nSPS) is 11.9. The maximum atomic E-state index is 13.6. The average molecular weight is 557 g/mol. The molecule has 0 aliphatic rings. The molecular weight excluding hydrogens is 533 g/mol. The Labute approximate surface area is 217 Å². The highest BCUT2D eigenvalue weighted by Crippen LogP contribution is 2.34. The molecule has 1 amide bonds. The summed E-state index contributed by atoms with van der Waals surface area (Å²) in [4.78, 5) is 14.5. The van der Waals surface area contributed by atoms with Gasteiger partial charge in [0.1, 0.15) is 0 Å². The average Bonchev–Trinajstić information content (AvgIpc) is 3.33. The standard InChI is InChI=1S/C25H24ClF3N2O3S2/c1-2-11-30-36(33,34)22-6-3-18(4-7-22)9-12-31(24(32)14-19-10-13-35-17-19)16-20-15-21(26)5-8-23(20)25(27,28)29/h2-8,10,13,15,17,30H,1,9,11-12,14,16H2. The molecule has 2 aromatic carbocycles. The van der Waals surface area contributed by atoms with E-state index in [4.69, 9.17) is 11.6 Å². The summed E-state index contributed by atoms with van der Waals surface area (Å²) in [5.41, 5.74) is 0.567. The van der Waals surface area contributed by atoms with Crippen LogP contribution in [0.5, 0.6) is 0 Å². The molecule has 0 atom stereocenters. The van der Waals surface area contributed by atoms with E-state index in [1.165, 1.54) is 46.6 Å². The predicted octanol–water partition coefficient (Wildman–Crippen LogP) is 5.70. The first kappa shape index (κ1) is 27.9. The summed E-state index contributed by atoms with van der Waals surface area (Å²) >= 11 is 7.40. The third kappa shape index (κ3) is 7.67. The van der Waals surface area contributed by atoms with Gasteiger partial charge in [-0.2, -0.15) is 24.5 Å². The highest BCUT2D eigenvalue weighted by Gasteiger charge is 2.34. The molecule has 1 heterocycles. The molecule has 0 fully saturated rings. The zero-order chi connectivity index (χ0) is 26.3. The fourth-order valence-electron chi connectivity index (χ4n) is 3.50. The number of hydrogen-bond donors (Lipinski definition) is 1. The van der Waals surface area contributed by atoms with Crippen LogP contribution in [-0.4, -0.2) is 32.3 Å². The van der Waals surface area contributed by atoms with Crippen LogP contribution in [0, 0.1) is 0 Å². The Morgan fingerprint density at radius 2 is 1.83 bits per heavy atom. The number of sulfonamides is 1. The van der Waals surface area contributed by atoms with Gasteiger partial charge in [-0.25, -0.2) is 13.1 Å². The third-order valence-corrected chi connectivity index (χ3v) is 7.75. The number of rotatable bonds is 11. The van der Waals surface area contributed by atoms with Crippen molar-refractivity contribution in [1.82, 2.24) is 9.62 Å². The van der Waals surface area contributed by atoms with E-state index >= 15 is 0 Å². The van der Waals surface area contributed by atoms with Gasteiger partial charge in [-0.15, -0.1) is 6.58 Å². The molecule has 5 nitrogen and oxygen atoms in total. The van der Waals surface area contributed by atoms with Crippen LogP contribution in [0.1, 0.15) is 22.3 Å². The zero-order valence-corrected chi connectivity index (χ0v) is 21.5. The largest absolute Gasteiger partial charge is 0.416 e. The monoisotopic (exact) mass is 556 g/mol. The number of amides is 1. The van der Waals surface area contributed by atoms with Crippen molar-refractivity contribution in [2.45, 2.75) is 30.5 Å². The minimum atomic E-state index is -4.59. The first-order valence-electron chi connectivity index (χ1n) is 10.8. The van der Waals surface area contributed by atoms with E-state index in [-0.39, 0.29) is 47.4 Å². The van der Waals surface area contributed by atoms with Crippen LogP contribution in [0.4, 0.5) is 13.2 Å². The fraction of sp³-hybridized carbons (Fsp3) is 0.240. The fourth-order valence-corrected chi connectivity index (χ4v) is 5.36. The summed E-state index contributed by atoms with van der Waals surface area (Å²) in [6.45, 7) is 3.43. The van der Waals surface area contributed by atoms with Gasteiger partial charge in [0.15, 0.2) is 0 Å². The molecule has 1 N–H and O–H groups in total. The number of carbonyl (C=O) groups excluding carboxylic acids is 1. The second-order valence-electron chi connectivity index (χ2n) is 7.96. The molecule has 0 spiro atoms. The Morgan fingerprint density at radius 3 is 2.44 bits per heavy atom. The lowest BCUT2D eigenvalue weighted by atomic mass is 10.1. The Morgan fingerprint density at radius 1 is 1.11 bits per heavy atom. The van der Waals surface area contributed by atoms with E-state index in [1.807, 2.05) is 10.8 Å². The molecule has 36 heavy (non-hydrogen) atoms. The summed E-state index contributed by atoms with van der Waals surface area (Å²) in [5.74, 6) is -0.325. The molecule has 3 rings (SSSR count). The quantitative estimate of drug-likeness (QED) is 0.308. The number of nitrogens with zero attached hydrogens (tertiary/aromatic N) is 1. The predicted molar refractivity (Wildman–Crippen MR) is 135 cm³/mol. The molecule has 11 heteroatoms. The van der Waals surface area contributed by atoms with Crippen LogP contribution < -0.4 is 4.72 Å². The minimum absolute atomic E-state index is 0.0531. The van der Waals surface area contributed by atoms with Gasteiger partial charge in [-0.05, 0) is 70.3 Å². The molecule has 0 saturated carbocycles. The van der Waals surface area contributed by atoms with Crippen molar-refractivity contribution in [3.8, 4) is 0 Å². The van der Waals surface area contributed by atoms with Crippen molar-refractivity contribution in [2.75, 3.05) is 13.1 Å². The lowest BCUT2D eigenvalue weighted by molar-refractivity contribution is -0.139.